The van der Waals surface area contributed by atoms with Gasteiger partial charge in [-0.3, -0.25) is 14.5 Å². The van der Waals surface area contributed by atoms with Crippen molar-refractivity contribution >= 4 is 57.6 Å². The van der Waals surface area contributed by atoms with E-state index < -0.39 is 17.5 Å². The van der Waals surface area contributed by atoms with E-state index in [1.54, 1.807) is 24.3 Å². The highest BCUT2D eigenvalue weighted by Gasteiger charge is 2.33. The van der Waals surface area contributed by atoms with Crippen molar-refractivity contribution < 1.29 is 27.8 Å². The molecule has 0 radical (unpaired) electrons. The van der Waals surface area contributed by atoms with Crippen LogP contribution in [-0.2, 0) is 9.59 Å². The smallest absolute Gasteiger partial charge is 0.270 e. The summed E-state index contributed by atoms with van der Waals surface area (Å²) in [5.74, 6) is -0.788. The SMILES string of the molecule is CCOc1cc(/C=C2\SC(=S)N(c3ccc(F)cc3)C2=O)ccc1OCC(=O)Nc1ccc(F)cc1. The maximum Gasteiger partial charge on any atom is 0.270 e. The van der Waals surface area contributed by atoms with Gasteiger partial charge in [0.1, 0.15) is 11.6 Å². The molecule has 0 bridgehead atoms. The minimum atomic E-state index is -0.419. The van der Waals surface area contributed by atoms with Crippen molar-refractivity contribution in [3.8, 4) is 11.5 Å². The van der Waals surface area contributed by atoms with Crippen molar-refractivity contribution in [2.24, 2.45) is 0 Å². The molecule has 36 heavy (non-hydrogen) atoms. The Morgan fingerprint density at radius 2 is 1.67 bits per heavy atom. The topological polar surface area (TPSA) is 67.9 Å². The number of anilines is 2. The van der Waals surface area contributed by atoms with Gasteiger partial charge in [0, 0.05) is 5.69 Å². The fourth-order valence-corrected chi connectivity index (χ4v) is 4.61. The van der Waals surface area contributed by atoms with Crippen LogP contribution in [0.15, 0.2) is 71.6 Å². The molecule has 1 N–H and O–H groups in total. The molecule has 0 atom stereocenters. The van der Waals surface area contributed by atoms with E-state index in [1.807, 2.05) is 6.92 Å². The highest BCUT2D eigenvalue weighted by Crippen LogP contribution is 2.37. The minimum absolute atomic E-state index is 0.285. The summed E-state index contributed by atoms with van der Waals surface area (Å²) in [6.07, 6.45) is 1.68. The predicted molar refractivity (Wildman–Crippen MR) is 140 cm³/mol. The average molecular weight is 527 g/mol. The van der Waals surface area contributed by atoms with Gasteiger partial charge < -0.3 is 14.8 Å². The lowest BCUT2D eigenvalue weighted by atomic mass is 10.1. The number of hydrogen-bond acceptors (Lipinski definition) is 6. The molecule has 0 saturated carbocycles. The van der Waals surface area contributed by atoms with Crippen LogP contribution in [0.1, 0.15) is 12.5 Å². The standard InChI is InChI=1S/C26H20F2N2O4S2/c1-2-33-22-13-16(3-12-21(22)34-15-24(31)29-19-8-4-17(27)5-9-19)14-23-25(32)30(26(35)36-23)20-10-6-18(28)7-11-20/h3-14H,2,15H2,1H3,(H,29,31)/b23-14-. The molecule has 1 aliphatic rings. The molecular formula is C26H20F2N2O4S2. The maximum absolute atomic E-state index is 13.3. The van der Waals surface area contributed by atoms with Gasteiger partial charge in [-0.25, -0.2) is 8.78 Å². The van der Waals surface area contributed by atoms with Crippen molar-refractivity contribution in [2.45, 2.75) is 6.92 Å². The highest BCUT2D eigenvalue weighted by atomic mass is 32.2. The molecule has 3 aromatic carbocycles. The largest absolute Gasteiger partial charge is 0.490 e. The van der Waals surface area contributed by atoms with E-state index in [-0.39, 0.29) is 12.5 Å². The lowest BCUT2D eigenvalue weighted by Crippen LogP contribution is -2.27. The van der Waals surface area contributed by atoms with Crippen molar-refractivity contribution in [3.63, 3.8) is 0 Å². The summed E-state index contributed by atoms with van der Waals surface area (Å²) in [5, 5.41) is 2.62. The lowest BCUT2D eigenvalue weighted by molar-refractivity contribution is -0.118. The summed E-state index contributed by atoms with van der Waals surface area (Å²) >= 11 is 6.50. The van der Waals surface area contributed by atoms with E-state index in [4.69, 9.17) is 21.7 Å². The molecule has 0 unspecified atom stereocenters. The molecule has 6 nitrogen and oxygen atoms in total. The van der Waals surface area contributed by atoms with Gasteiger partial charge in [-0.2, -0.15) is 0 Å². The van der Waals surface area contributed by atoms with E-state index >= 15 is 0 Å². The molecule has 3 aromatic rings. The Morgan fingerprint density at radius 1 is 1.00 bits per heavy atom. The number of thioether (sulfide) groups is 1. The lowest BCUT2D eigenvalue weighted by Gasteiger charge is -2.14. The molecular weight excluding hydrogens is 506 g/mol. The Morgan fingerprint density at radius 3 is 2.33 bits per heavy atom. The number of nitrogens with zero attached hydrogens (tertiary/aromatic N) is 1. The Balaban J connectivity index is 1.47. The number of carbonyl (C=O) groups excluding carboxylic acids is 2. The summed E-state index contributed by atoms with van der Waals surface area (Å²) in [6, 6.07) is 16.0. The predicted octanol–water partition coefficient (Wildman–Crippen LogP) is 5.79. The molecule has 0 spiro atoms. The summed E-state index contributed by atoms with van der Waals surface area (Å²) < 4.78 is 37.9. The first-order valence-electron chi connectivity index (χ1n) is 10.8. The fraction of sp³-hybridized carbons (Fsp3) is 0.115. The summed E-state index contributed by atoms with van der Waals surface area (Å²) in [6.45, 7) is 1.88. The van der Waals surface area contributed by atoms with Crippen LogP contribution in [0, 0.1) is 11.6 Å². The number of ether oxygens (including phenoxy) is 2. The molecule has 1 saturated heterocycles. The number of carbonyl (C=O) groups is 2. The van der Waals surface area contributed by atoms with E-state index in [1.165, 1.54) is 53.4 Å². The second-order valence-electron chi connectivity index (χ2n) is 7.48. The summed E-state index contributed by atoms with van der Waals surface area (Å²) in [5.41, 5.74) is 1.60. The minimum Gasteiger partial charge on any atom is -0.490 e. The Kier molecular flexibility index (Phi) is 7.97. The second kappa shape index (κ2) is 11.3. The van der Waals surface area contributed by atoms with Gasteiger partial charge >= 0.3 is 0 Å². The first-order chi connectivity index (χ1) is 17.3. The molecule has 184 valence electrons. The molecule has 1 heterocycles. The first-order valence-corrected chi connectivity index (χ1v) is 12.0. The van der Waals surface area contributed by atoms with Crippen LogP contribution >= 0.6 is 24.0 Å². The molecule has 0 aliphatic carbocycles. The molecule has 2 amide bonds. The van der Waals surface area contributed by atoms with Gasteiger partial charge in [0.25, 0.3) is 11.8 Å². The zero-order valence-electron chi connectivity index (χ0n) is 19.0. The van der Waals surface area contributed by atoms with Crippen LogP contribution < -0.4 is 19.7 Å². The van der Waals surface area contributed by atoms with Crippen molar-refractivity contribution in [1.82, 2.24) is 0 Å². The van der Waals surface area contributed by atoms with Gasteiger partial charge in [-0.15, -0.1) is 0 Å². The monoisotopic (exact) mass is 526 g/mol. The molecule has 10 heteroatoms. The fourth-order valence-electron chi connectivity index (χ4n) is 3.31. The van der Waals surface area contributed by atoms with E-state index in [2.05, 4.69) is 5.32 Å². The van der Waals surface area contributed by atoms with Crippen LogP contribution in [0.5, 0.6) is 11.5 Å². The Hall–Kier alpha value is -3.76. The number of hydrogen-bond donors (Lipinski definition) is 1. The summed E-state index contributed by atoms with van der Waals surface area (Å²) in [4.78, 5) is 26.9. The van der Waals surface area contributed by atoms with E-state index in [0.29, 0.717) is 44.3 Å². The van der Waals surface area contributed by atoms with Gasteiger partial charge in [0.2, 0.25) is 0 Å². The number of benzene rings is 3. The van der Waals surface area contributed by atoms with Crippen molar-refractivity contribution in [2.75, 3.05) is 23.4 Å². The van der Waals surface area contributed by atoms with Gasteiger partial charge in [0.05, 0.1) is 17.2 Å². The maximum atomic E-state index is 13.3. The van der Waals surface area contributed by atoms with Gasteiger partial charge in [-0.05, 0) is 79.2 Å². The summed E-state index contributed by atoms with van der Waals surface area (Å²) in [7, 11) is 0. The average Bonchev–Trinajstić information content (AvgIpc) is 3.13. The number of nitrogens with one attached hydrogen (secondary N) is 1. The molecule has 0 aromatic heterocycles. The van der Waals surface area contributed by atoms with Gasteiger partial charge in [-0.1, -0.05) is 30.0 Å². The first kappa shape index (κ1) is 25.3. The third-order valence-electron chi connectivity index (χ3n) is 4.93. The number of halogens is 2. The second-order valence-corrected chi connectivity index (χ2v) is 9.15. The normalized spacial score (nSPS) is 14.3. The quantitative estimate of drug-likeness (QED) is 0.296. The van der Waals surface area contributed by atoms with E-state index in [9.17, 15) is 18.4 Å². The van der Waals surface area contributed by atoms with Crippen LogP contribution in [0.25, 0.3) is 6.08 Å². The molecule has 1 fully saturated rings. The Labute approximate surface area is 215 Å². The number of amides is 2. The third kappa shape index (κ3) is 6.07. The zero-order valence-corrected chi connectivity index (χ0v) is 20.6. The molecule has 4 rings (SSSR count). The third-order valence-corrected chi connectivity index (χ3v) is 6.23. The van der Waals surface area contributed by atoms with Crippen LogP contribution in [0.4, 0.5) is 20.2 Å². The van der Waals surface area contributed by atoms with Crippen molar-refractivity contribution in [1.29, 1.82) is 0 Å². The van der Waals surface area contributed by atoms with Gasteiger partial charge in [0.15, 0.2) is 22.4 Å². The number of rotatable bonds is 8. The van der Waals surface area contributed by atoms with Crippen LogP contribution in [-0.4, -0.2) is 29.3 Å². The van der Waals surface area contributed by atoms with Crippen LogP contribution in [0.2, 0.25) is 0 Å². The van der Waals surface area contributed by atoms with Crippen LogP contribution in [0.3, 0.4) is 0 Å². The number of thiocarbonyl (C=S) groups is 1. The van der Waals surface area contributed by atoms with Crippen molar-refractivity contribution in [3.05, 3.63) is 88.8 Å². The molecule has 1 aliphatic heterocycles. The zero-order chi connectivity index (χ0) is 25.7. The van der Waals surface area contributed by atoms with E-state index in [0.717, 1.165) is 11.8 Å². The highest BCUT2D eigenvalue weighted by molar-refractivity contribution is 8.27. The Bertz CT molecular complexity index is 1330.